The summed E-state index contributed by atoms with van der Waals surface area (Å²) >= 11 is 0. The number of rotatable bonds is 2. The third-order valence-electron chi connectivity index (χ3n) is 5.60. The topological polar surface area (TPSA) is 77.5 Å². The molecule has 168 valence electrons. The third-order valence-corrected chi connectivity index (χ3v) is 5.60. The van der Waals surface area contributed by atoms with Gasteiger partial charge in [-0.15, -0.1) is 0 Å². The minimum atomic E-state index is -4.52. The van der Waals surface area contributed by atoms with Crippen molar-refractivity contribution in [1.29, 1.82) is 0 Å². The van der Waals surface area contributed by atoms with E-state index in [2.05, 4.69) is 10.4 Å². The lowest BCUT2D eigenvalue weighted by Crippen LogP contribution is -2.52. The number of benzene rings is 1. The first-order chi connectivity index (χ1) is 14.7. The van der Waals surface area contributed by atoms with E-state index in [9.17, 15) is 27.2 Å². The van der Waals surface area contributed by atoms with Crippen LogP contribution in [0.4, 0.5) is 28.0 Å². The second-order valence-electron chi connectivity index (χ2n) is 7.69. The first-order valence-corrected chi connectivity index (χ1v) is 9.75. The predicted molar refractivity (Wildman–Crippen MR) is 102 cm³/mol. The van der Waals surface area contributed by atoms with Gasteiger partial charge in [-0.1, -0.05) is 6.07 Å². The summed E-state index contributed by atoms with van der Waals surface area (Å²) in [5, 5.41) is 9.48. The number of carbonyl (C=O) groups is 2. The lowest BCUT2D eigenvalue weighted by Gasteiger charge is -2.34. The number of carbonyl (C=O) groups excluding carboxylic acids is 2. The fourth-order valence-electron chi connectivity index (χ4n) is 4.11. The number of fused-ring (bicyclic) bond motifs is 3. The van der Waals surface area contributed by atoms with Crippen LogP contribution in [-0.4, -0.2) is 78.1 Å². The molecule has 0 aromatic heterocycles. The third kappa shape index (κ3) is 4.16. The Morgan fingerprint density at radius 1 is 1.32 bits per heavy atom. The number of amides is 3. The lowest BCUT2D eigenvalue weighted by atomic mass is 9.89. The number of piperidine rings is 1. The van der Waals surface area contributed by atoms with E-state index in [4.69, 9.17) is 4.84 Å². The number of urea groups is 1. The molecule has 0 spiro atoms. The molecule has 31 heavy (non-hydrogen) atoms. The number of hydroxylamine groups is 2. The molecule has 4 rings (SSSR count). The van der Waals surface area contributed by atoms with Crippen LogP contribution in [0.5, 0.6) is 0 Å². The molecule has 12 heteroatoms. The Morgan fingerprint density at radius 2 is 2.10 bits per heavy atom. The second-order valence-corrected chi connectivity index (χ2v) is 7.69. The van der Waals surface area contributed by atoms with Crippen LogP contribution in [-0.2, 0) is 15.8 Å². The largest absolute Gasteiger partial charge is 0.416 e. The summed E-state index contributed by atoms with van der Waals surface area (Å²) in [6.45, 7) is -0.214. The average molecular weight is 443 g/mol. The fraction of sp³-hybridized carbons (Fsp3) is 0.526. The van der Waals surface area contributed by atoms with Crippen molar-refractivity contribution in [2.24, 2.45) is 11.0 Å². The molecule has 2 fully saturated rings. The van der Waals surface area contributed by atoms with Crippen LogP contribution >= 0.6 is 0 Å². The van der Waals surface area contributed by atoms with Gasteiger partial charge in [0.15, 0.2) is 0 Å². The Hall–Kier alpha value is -2.89. The van der Waals surface area contributed by atoms with Crippen molar-refractivity contribution in [2.75, 3.05) is 38.7 Å². The van der Waals surface area contributed by atoms with Crippen molar-refractivity contribution in [1.82, 2.24) is 15.0 Å². The standard InChI is InChI=1S/C19H21F4N5O3/c1-26-17(29)16-14-10-27(6-5-15(14)25-28(16)9-13(8-20)31-26)18(30)24-12-4-2-3-11(7-12)19(21,22)23/h2-4,7,13-14,16H,5-6,8-10H2,1H3,(H,24,30). The number of hydrogen-bond donors (Lipinski definition) is 1. The van der Waals surface area contributed by atoms with E-state index < -0.39 is 42.5 Å². The van der Waals surface area contributed by atoms with E-state index in [0.717, 1.165) is 22.9 Å². The Kier molecular flexibility index (Phi) is 5.50. The molecule has 3 atom stereocenters. The fourth-order valence-corrected chi connectivity index (χ4v) is 4.11. The first kappa shape index (κ1) is 21.3. The highest BCUT2D eigenvalue weighted by molar-refractivity contribution is 5.98. The molecule has 3 aliphatic rings. The highest BCUT2D eigenvalue weighted by Crippen LogP contribution is 2.33. The molecule has 1 aromatic rings. The molecule has 3 aliphatic heterocycles. The summed E-state index contributed by atoms with van der Waals surface area (Å²) in [4.78, 5) is 32.2. The number of likely N-dealkylation sites (tertiary alicyclic amines) is 1. The Bertz CT molecular complexity index is 909. The second kappa shape index (κ2) is 7.98. The highest BCUT2D eigenvalue weighted by atomic mass is 19.4. The van der Waals surface area contributed by atoms with Gasteiger partial charge in [0, 0.05) is 43.9 Å². The predicted octanol–water partition coefficient (Wildman–Crippen LogP) is 2.34. The summed E-state index contributed by atoms with van der Waals surface area (Å²) in [6.07, 6.45) is -4.94. The van der Waals surface area contributed by atoms with E-state index in [1.165, 1.54) is 29.1 Å². The molecular weight excluding hydrogens is 422 g/mol. The van der Waals surface area contributed by atoms with Crippen LogP contribution < -0.4 is 5.32 Å². The monoisotopic (exact) mass is 443 g/mol. The molecule has 0 bridgehead atoms. The molecule has 3 amide bonds. The molecular formula is C19H21F4N5O3. The number of likely N-dealkylation sites (N-methyl/N-ethyl adjacent to an activating group) is 1. The van der Waals surface area contributed by atoms with Crippen molar-refractivity contribution < 1.29 is 32.0 Å². The normalized spacial score (nSPS) is 26.2. The Labute approximate surface area is 175 Å². The van der Waals surface area contributed by atoms with E-state index in [-0.39, 0.29) is 24.7 Å². The lowest BCUT2D eigenvalue weighted by molar-refractivity contribution is -0.193. The minimum absolute atomic E-state index is 0.0248. The van der Waals surface area contributed by atoms with Crippen LogP contribution in [0.3, 0.4) is 0 Å². The van der Waals surface area contributed by atoms with Crippen molar-refractivity contribution in [3.63, 3.8) is 0 Å². The van der Waals surface area contributed by atoms with Gasteiger partial charge < -0.3 is 10.2 Å². The molecule has 1 N–H and O–H groups in total. The number of hydrazone groups is 1. The van der Waals surface area contributed by atoms with Crippen molar-refractivity contribution in [3.05, 3.63) is 29.8 Å². The maximum atomic E-state index is 13.2. The molecule has 0 aliphatic carbocycles. The van der Waals surface area contributed by atoms with E-state index >= 15 is 0 Å². The summed E-state index contributed by atoms with van der Waals surface area (Å²) in [5.74, 6) is -0.794. The van der Waals surface area contributed by atoms with Gasteiger partial charge in [-0.25, -0.2) is 14.2 Å². The van der Waals surface area contributed by atoms with Gasteiger partial charge in [0.05, 0.1) is 12.1 Å². The minimum Gasteiger partial charge on any atom is -0.323 e. The zero-order valence-corrected chi connectivity index (χ0v) is 16.6. The van der Waals surface area contributed by atoms with E-state index in [0.29, 0.717) is 13.0 Å². The van der Waals surface area contributed by atoms with Crippen LogP contribution in [0.2, 0.25) is 0 Å². The molecule has 3 heterocycles. The van der Waals surface area contributed by atoms with Crippen LogP contribution in [0, 0.1) is 5.92 Å². The van der Waals surface area contributed by atoms with E-state index in [1.54, 1.807) is 0 Å². The quantitative estimate of drug-likeness (QED) is 0.712. The first-order valence-electron chi connectivity index (χ1n) is 9.75. The Balaban J connectivity index is 1.47. The maximum Gasteiger partial charge on any atom is 0.416 e. The maximum absolute atomic E-state index is 13.2. The average Bonchev–Trinajstić information content (AvgIpc) is 3.03. The summed E-state index contributed by atoms with van der Waals surface area (Å²) in [6, 6.07) is 3.09. The SMILES string of the molecule is CN1OC(CF)CN2N=C3CCN(C(=O)Nc4cccc(C(F)(F)F)c4)CC3C2C1=O. The zero-order valence-electron chi connectivity index (χ0n) is 16.6. The van der Waals surface area contributed by atoms with Crippen molar-refractivity contribution in [3.8, 4) is 0 Å². The van der Waals surface area contributed by atoms with Gasteiger partial charge in [-0.05, 0) is 18.2 Å². The van der Waals surface area contributed by atoms with Gasteiger partial charge in [0.2, 0.25) is 0 Å². The van der Waals surface area contributed by atoms with Crippen LogP contribution in [0.15, 0.2) is 29.4 Å². The van der Waals surface area contributed by atoms with Gasteiger partial charge in [0.1, 0.15) is 18.8 Å². The number of alkyl halides is 4. The van der Waals surface area contributed by atoms with Crippen molar-refractivity contribution in [2.45, 2.75) is 24.7 Å². The molecule has 2 saturated heterocycles. The number of nitrogens with one attached hydrogen (secondary N) is 1. The number of halogens is 4. The summed E-state index contributed by atoms with van der Waals surface area (Å²) in [5.41, 5.74) is -0.0921. The molecule has 0 radical (unpaired) electrons. The number of hydrogen-bond acceptors (Lipinski definition) is 5. The molecule has 8 nitrogen and oxygen atoms in total. The van der Waals surface area contributed by atoms with Gasteiger partial charge in [-0.3, -0.25) is 14.6 Å². The van der Waals surface area contributed by atoms with Gasteiger partial charge in [-0.2, -0.15) is 18.3 Å². The summed E-state index contributed by atoms with van der Waals surface area (Å²) in [7, 11) is 1.41. The van der Waals surface area contributed by atoms with E-state index in [1.807, 2.05) is 0 Å². The molecule has 1 aromatic carbocycles. The Morgan fingerprint density at radius 3 is 2.81 bits per heavy atom. The number of nitrogens with zero attached hydrogens (tertiary/aromatic N) is 4. The summed E-state index contributed by atoms with van der Waals surface area (Å²) < 4.78 is 51.9. The highest BCUT2D eigenvalue weighted by Gasteiger charge is 2.49. The number of anilines is 1. The van der Waals surface area contributed by atoms with Gasteiger partial charge >= 0.3 is 12.2 Å². The molecule has 0 saturated carbocycles. The smallest absolute Gasteiger partial charge is 0.323 e. The van der Waals surface area contributed by atoms with Crippen LogP contribution in [0.1, 0.15) is 12.0 Å². The molecule has 3 unspecified atom stereocenters. The van der Waals surface area contributed by atoms with Gasteiger partial charge in [0.25, 0.3) is 5.91 Å². The van der Waals surface area contributed by atoms with Crippen LogP contribution in [0.25, 0.3) is 0 Å². The van der Waals surface area contributed by atoms with Crippen molar-refractivity contribution >= 4 is 23.3 Å². The zero-order chi connectivity index (χ0) is 22.3.